The summed E-state index contributed by atoms with van der Waals surface area (Å²) < 4.78 is 5.16. The molecular weight excluding hydrogens is 304 g/mol. The number of benzene rings is 2. The van der Waals surface area contributed by atoms with Gasteiger partial charge in [-0.1, -0.05) is 29.8 Å². The first-order chi connectivity index (χ1) is 11.6. The van der Waals surface area contributed by atoms with Crippen molar-refractivity contribution in [2.75, 3.05) is 20.2 Å². The van der Waals surface area contributed by atoms with E-state index in [2.05, 4.69) is 5.32 Å². The van der Waals surface area contributed by atoms with Gasteiger partial charge in [0.05, 0.1) is 7.11 Å². The number of methoxy groups -OCH3 is 1. The lowest BCUT2D eigenvalue weighted by Gasteiger charge is -2.35. The van der Waals surface area contributed by atoms with Crippen molar-refractivity contribution in [2.45, 2.75) is 13.0 Å². The molecule has 0 aliphatic carbocycles. The van der Waals surface area contributed by atoms with Gasteiger partial charge >= 0.3 is 0 Å². The summed E-state index contributed by atoms with van der Waals surface area (Å²) in [7, 11) is 1.59. The summed E-state index contributed by atoms with van der Waals surface area (Å²) in [6.45, 7) is 2.89. The van der Waals surface area contributed by atoms with Gasteiger partial charge in [-0.2, -0.15) is 0 Å². The molecule has 1 aliphatic rings. The van der Waals surface area contributed by atoms with E-state index in [-0.39, 0.29) is 11.8 Å². The highest BCUT2D eigenvalue weighted by Gasteiger charge is 2.34. The Kier molecular flexibility index (Phi) is 4.51. The highest BCUT2D eigenvalue weighted by molar-refractivity contribution is 5.98. The number of carbonyl (C=O) groups excluding carboxylic acids is 2. The van der Waals surface area contributed by atoms with Gasteiger partial charge in [0.25, 0.3) is 5.91 Å². The monoisotopic (exact) mass is 324 g/mol. The molecule has 124 valence electrons. The number of nitrogens with zero attached hydrogens (tertiary/aromatic N) is 1. The zero-order chi connectivity index (χ0) is 17.1. The van der Waals surface area contributed by atoms with Crippen LogP contribution in [0.15, 0.2) is 48.5 Å². The third kappa shape index (κ3) is 3.11. The van der Waals surface area contributed by atoms with Crippen molar-refractivity contribution in [3.63, 3.8) is 0 Å². The second-order valence-electron chi connectivity index (χ2n) is 5.83. The van der Waals surface area contributed by atoms with Crippen molar-refractivity contribution < 1.29 is 14.3 Å². The second-order valence-corrected chi connectivity index (χ2v) is 5.83. The molecule has 1 fully saturated rings. The Morgan fingerprint density at radius 2 is 1.96 bits per heavy atom. The molecule has 2 amide bonds. The number of hydrogen-bond acceptors (Lipinski definition) is 3. The molecular formula is C19H20N2O3. The van der Waals surface area contributed by atoms with Gasteiger partial charge < -0.3 is 15.0 Å². The molecule has 1 N–H and O–H groups in total. The standard InChI is InChI=1S/C19H20N2O3/c1-13-4-3-5-15(12-13)19(23)21-11-10-20-18(22)17(21)14-6-8-16(24-2)9-7-14/h3-9,12,17H,10-11H2,1-2H3,(H,20,22). The minimum absolute atomic E-state index is 0.130. The highest BCUT2D eigenvalue weighted by atomic mass is 16.5. The Bertz CT molecular complexity index is 755. The molecule has 0 bridgehead atoms. The van der Waals surface area contributed by atoms with Gasteiger partial charge in [-0.25, -0.2) is 0 Å². The van der Waals surface area contributed by atoms with E-state index in [0.29, 0.717) is 24.4 Å². The van der Waals surface area contributed by atoms with Crippen LogP contribution < -0.4 is 10.1 Å². The van der Waals surface area contributed by atoms with E-state index in [1.807, 2.05) is 37.3 Å². The van der Waals surface area contributed by atoms with E-state index >= 15 is 0 Å². The Morgan fingerprint density at radius 3 is 2.62 bits per heavy atom. The van der Waals surface area contributed by atoms with Crippen molar-refractivity contribution >= 4 is 11.8 Å². The Morgan fingerprint density at radius 1 is 1.21 bits per heavy atom. The maximum absolute atomic E-state index is 12.9. The molecule has 1 aliphatic heterocycles. The molecule has 3 rings (SSSR count). The molecule has 1 unspecified atom stereocenters. The van der Waals surface area contributed by atoms with Gasteiger partial charge in [0.15, 0.2) is 0 Å². The highest BCUT2D eigenvalue weighted by Crippen LogP contribution is 2.27. The van der Waals surface area contributed by atoms with Crippen LogP contribution in [-0.4, -0.2) is 36.9 Å². The van der Waals surface area contributed by atoms with Gasteiger partial charge in [0, 0.05) is 18.7 Å². The number of nitrogens with one attached hydrogen (secondary N) is 1. The van der Waals surface area contributed by atoms with Crippen LogP contribution in [0.1, 0.15) is 27.5 Å². The normalized spacial score (nSPS) is 17.3. The van der Waals surface area contributed by atoms with Gasteiger partial charge in [0.1, 0.15) is 11.8 Å². The third-order valence-electron chi connectivity index (χ3n) is 4.17. The molecule has 0 spiro atoms. The first-order valence-corrected chi connectivity index (χ1v) is 7.89. The first-order valence-electron chi connectivity index (χ1n) is 7.89. The van der Waals surface area contributed by atoms with Crippen molar-refractivity contribution in [1.82, 2.24) is 10.2 Å². The van der Waals surface area contributed by atoms with Crippen molar-refractivity contribution in [2.24, 2.45) is 0 Å². The fraction of sp³-hybridized carbons (Fsp3) is 0.263. The molecule has 0 saturated carbocycles. The summed E-state index contributed by atoms with van der Waals surface area (Å²) in [6, 6.07) is 14.1. The zero-order valence-corrected chi connectivity index (χ0v) is 13.8. The molecule has 5 heteroatoms. The number of ether oxygens (including phenoxy) is 1. The summed E-state index contributed by atoms with van der Waals surface area (Å²) in [5.74, 6) is 0.424. The molecule has 1 saturated heterocycles. The van der Waals surface area contributed by atoms with Crippen molar-refractivity contribution in [1.29, 1.82) is 0 Å². The van der Waals surface area contributed by atoms with E-state index in [0.717, 1.165) is 11.1 Å². The molecule has 2 aromatic carbocycles. The molecule has 24 heavy (non-hydrogen) atoms. The van der Waals surface area contributed by atoms with Gasteiger partial charge in [-0.3, -0.25) is 9.59 Å². The number of carbonyl (C=O) groups is 2. The second kappa shape index (κ2) is 6.74. The van der Waals surface area contributed by atoms with Crippen LogP contribution in [0.25, 0.3) is 0 Å². The molecule has 1 heterocycles. The number of aryl methyl sites for hydroxylation is 1. The van der Waals surface area contributed by atoms with Gasteiger partial charge in [-0.05, 0) is 36.8 Å². The average Bonchev–Trinajstić information content (AvgIpc) is 2.61. The van der Waals surface area contributed by atoms with Crippen molar-refractivity contribution in [3.05, 3.63) is 65.2 Å². The average molecular weight is 324 g/mol. The van der Waals surface area contributed by atoms with E-state index < -0.39 is 6.04 Å². The van der Waals surface area contributed by atoms with Crippen LogP contribution in [0.3, 0.4) is 0 Å². The number of piperazine rings is 1. The topological polar surface area (TPSA) is 58.6 Å². The fourth-order valence-corrected chi connectivity index (χ4v) is 2.95. The number of amides is 2. The van der Waals surface area contributed by atoms with E-state index in [4.69, 9.17) is 4.74 Å². The summed E-state index contributed by atoms with van der Waals surface area (Å²) >= 11 is 0. The lowest BCUT2D eigenvalue weighted by Crippen LogP contribution is -2.52. The predicted octanol–water partition coefficient (Wildman–Crippen LogP) is 2.32. The predicted molar refractivity (Wildman–Crippen MR) is 91.0 cm³/mol. The number of rotatable bonds is 3. The van der Waals surface area contributed by atoms with Crippen molar-refractivity contribution in [3.8, 4) is 5.75 Å². The van der Waals surface area contributed by atoms with Crippen LogP contribution in [0.2, 0.25) is 0 Å². The van der Waals surface area contributed by atoms with E-state index in [9.17, 15) is 9.59 Å². The molecule has 0 aromatic heterocycles. The zero-order valence-electron chi connectivity index (χ0n) is 13.8. The number of hydrogen-bond donors (Lipinski definition) is 1. The quantitative estimate of drug-likeness (QED) is 0.942. The van der Waals surface area contributed by atoms with Gasteiger partial charge in [0.2, 0.25) is 5.91 Å². The Labute approximate surface area is 141 Å². The van der Waals surface area contributed by atoms with Crippen LogP contribution in [0.5, 0.6) is 5.75 Å². The molecule has 1 atom stereocenters. The summed E-state index contributed by atoms with van der Waals surface area (Å²) in [5.41, 5.74) is 2.39. The Balaban J connectivity index is 1.94. The fourth-order valence-electron chi connectivity index (χ4n) is 2.95. The molecule has 5 nitrogen and oxygen atoms in total. The maximum Gasteiger partial charge on any atom is 0.254 e. The lowest BCUT2D eigenvalue weighted by molar-refractivity contribution is -0.128. The minimum Gasteiger partial charge on any atom is -0.497 e. The van der Waals surface area contributed by atoms with Crippen LogP contribution in [-0.2, 0) is 4.79 Å². The van der Waals surface area contributed by atoms with Crippen LogP contribution in [0, 0.1) is 6.92 Å². The Hall–Kier alpha value is -2.82. The molecule has 0 radical (unpaired) electrons. The van der Waals surface area contributed by atoms with Gasteiger partial charge in [-0.15, -0.1) is 0 Å². The van der Waals surface area contributed by atoms with Crippen LogP contribution in [0.4, 0.5) is 0 Å². The largest absolute Gasteiger partial charge is 0.497 e. The molecule has 2 aromatic rings. The van der Waals surface area contributed by atoms with Crippen LogP contribution >= 0.6 is 0 Å². The van der Waals surface area contributed by atoms with E-state index in [1.54, 1.807) is 30.2 Å². The summed E-state index contributed by atoms with van der Waals surface area (Å²) in [4.78, 5) is 27.0. The first kappa shape index (κ1) is 16.1. The third-order valence-corrected chi connectivity index (χ3v) is 4.17. The summed E-state index contributed by atoms with van der Waals surface area (Å²) in [5, 5.41) is 2.84. The minimum atomic E-state index is -0.627. The smallest absolute Gasteiger partial charge is 0.254 e. The van der Waals surface area contributed by atoms with E-state index in [1.165, 1.54) is 0 Å². The SMILES string of the molecule is COc1ccc(C2C(=O)NCCN2C(=O)c2cccc(C)c2)cc1. The lowest BCUT2D eigenvalue weighted by atomic mass is 10.0. The summed E-state index contributed by atoms with van der Waals surface area (Å²) in [6.07, 6.45) is 0. The maximum atomic E-state index is 12.9.